The maximum absolute atomic E-state index is 12.8. The largest absolute Gasteiger partial charge is 0.493 e. The Kier molecular flexibility index (Phi) is 7.66. The Balaban J connectivity index is 1.53. The van der Waals surface area contributed by atoms with Gasteiger partial charge in [-0.1, -0.05) is 30.8 Å². The SMILES string of the molecule is CCC1SC(=O)N(Cc2ccc(NC(=O)c3cnco3)cc2)N=C1c1ccc(OC)c(OCF)c1. The summed E-state index contributed by atoms with van der Waals surface area (Å²) in [6.07, 6.45) is 3.20. The lowest BCUT2D eigenvalue weighted by Crippen LogP contribution is -2.34. The Hall–Kier alpha value is -3.86. The minimum absolute atomic E-state index is 0.107. The van der Waals surface area contributed by atoms with Crippen molar-refractivity contribution >= 4 is 34.3 Å². The number of amides is 2. The molecule has 35 heavy (non-hydrogen) atoms. The molecule has 4 rings (SSSR count). The van der Waals surface area contributed by atoms with Gasteiger partial charge in [0.25, 0.3) is 5.91 Å². The molecule has 3 aromatic rings. The second-order valence-electron chi connectivity index (χ2n) is 7.46. The molecule has 1 aromatic heterocycles. The number of benzene rings is 2. The molecule has 0 radical (unpaired) electrons. The van der Waals surface area contributed by atoms with Crippen LogP contribution in [-0.4, -0.2) is 46.1 Å². The van der Waals surface area contributed by atoms with Crippen molar-refractivity contribution in [3.05, 3.63) is 71.9 Å². The molecule has 9 nitrogen and oxygen atoms in total. The summed E-state index contributed by atoms with van der Waals surface area (Å²) in [6.45, 7) is 1.23. The van der Waals surface area contributed by atoms with E-state index in [0.29, 0.717) is 23.6 Å². The van der Waals surface area contributed by atoms with Gasteiger partial charge in [-0.25, -0.2) is 14.4 Å². The van der Waals surface area contributed by atoms with Crippen LogP contribution in [0.2, 0.25) is 0 Å². The summed E-state index contributed by atoms with van der Waals surface area (Å²) in [4.78, 5) is 28.6. The van der Waals surface area contributed by atoms with Crippen molar-refractivity contribution < 1.29 is 27.9 Å². The molecule has 0 saturated carbocycles. The van der Waals surface area contributed by atoms with E-state index >= 15 is 0 Å². The number of anilines is 1. The molecule has 1 N–H and O–H groups in total. The number of alkyl halides is 1. The Morgan fingerprint density at radius 1 is 1.23 bits per heavy atom. The van der Waals surface area contributed by atoms with Gasteiger partial charge in [-0.05, 0) is 42.3 Å². The number of hydrazone groups is 1. The van der Waals surface area contributed by atoms with E-state index in [4.69, 9.17) is 13.9 Å². The van der Waals surface area contributed by atoms with Crippen LogP contribution in [0.15, 0.2) is 64.6 Å². The minimum atomic E-state index is -0.988. The summed E-state index contributed by atoms with van der Waals surface area (Å²) >= 11 is 1.19. The van der Waals surface area contributed by atoms with Crippen molar-refractivity contribution in [1.29, 1.82) is 0 Å². The van der Waals surface area contributed by atoms with Crippen LogP contribution < -0.4 is 14.8 Å². The first kappa shape index (κ1) is 24.3. The van der Waals surface area contributed by atoms with Crippen LogP contribution in [0, 0.1) is 0 Å². The molecule has 0 saturated heterocycles. The number of methoxy groups -OCH3 is 1. The average Bonchev–Trinajstić information content (AvgIpc) is 3.42. The third-order valence-corrected chi connectivity index (χ3v) is 6.48. The van der Waals surface area contributed by atoms with Gasteiger partial charge in [-0.2, -0.15) is 5.10 Å². The molecule has 11 heteroatoms. The molecule has 0 spiro atoms. The first-order valence-electron chi connectivity index (χ1n) is 10.7. The van der Waals surface area contributed by atoms with Crippen LogP contribution in [0.25, 0.3) is 0 Å². The number of rotatable bonds is 9. The summed E-state index contributed by atoms with van der Waals surface area (Å²) in [6, 6.07) is 12.2. The first-order chi connectivity index (χ1) is 17.0. The number of nitrogens with zero attached hydrogens (tertiary/aromatic N) is 3. The molecular weight excluding hydrogens is 475 g/mol. The van der Waals surface area contributed by atoms with E-state index in [1.54, 1.807) is 36.4 Å². The molecule has 0 bridgehead atoms. The zero-order valence-electron chi connectivity index (χ0n) is 19.1. The zero-order chi connectivity index (χ0) is 24.8. The van der Waals surface area contributed by atoms with Crippen LogP contribution >= 0.6 is 11.8 Å². The maximum atomic E-state index is 12.8. The quantitative estimate of drug-likeness (QED) is 0.438. The van der Waals surface area contributed by atoms with Crippen LogP contribution in [0.5, 0.6) is 11.5 Å². The van der Waals surface area contributed by atoms with E-state index < -0.39 is 12.8 Å². The van der Waals surface area contributed by atoms with E-state index in [1.807, 2.05) is 13.0 Å². The van der Waals surface area contributed by atoms with Crippen LogP contribution in [0.4, 0.5) is 14.9 Å². The summed E-state index contributed by atoms with van der Waals surface area (Å²) in [5, 5.41) is 8.43. The lowest BCUT2D eigenvalue weighted by Gasteiger charge is -2.28. The number of nitrogens with one attached hydrogen (secondary N) is 1. The number of hydrogen-bond donors (Lipinski definition) is 1. The number of hydrogen-bond acceptors (Lipinski definition) is 8. The molecule has 2 amide bonds. The summed E-state index contributed by atoms with van der Waals surface area (Å²) in [5.41, 5.74) is 2.81. The highest BCUT2D eigenvalue weighted by atomic mass is 32.2. The number of oxazole rings is 1. The smallest absolute Gasteiger partial charge is 0.302 e. The lowest BCUT2D eigenvalue weighted by molar-refractivity contribution is 0.0996. The molecule has 2 aromatic carbocycles. The van der Waals surface area contributed by atoms with Crippen LogP contribution in [0.1, 0.15) is 35.0 Å². The number of thioether (sulfide) groups is 1. The topological polar surface area (TPSA) is 106 Å². The third-order valence-electron chi connectivity index (χ3n) is 5.23. The number of carbonyl (C=O) groups is 2. The van der Waals surface area contributed by atoms with Gasteiger partial charge in [0.2, 0.25) is 12.6 Å². The molecule has 1 aliphatic heterocycles. The Morgan fingerprint density at radius 3 is 2.69 bits per heavy atom. The van der Waals surface area contributed by atoms with Gasteiger partial charge in [0.1, 0.15) is 0 Å². The predicted molar refractivity (Wildman–Crippen MR) is 130 cm³/mol. The van der Waals surface area contributed by atoms with Crippen molar-refractivity contribution in [1.82, 2.24) is 9.99 Å². The van der Waals surface area contributed by atoms with Crippen molar-refractivity contribution in [2.75, 3.05) is 19.3 Å². The van der Waals surface area contributed by atoms with E-state index in [1.165, 1.54) is 36.5 Å². The Morgan fingerprint density at radius 2 is 2.03 bits per heavy atom. The predicted octanol–water partition coefficient (Wildman–Crippen LogP) is 5.09. The molecule has 182 valence electrons. The Labute approximate surface area is 205 Å². The Bertz CT molecular complexity index is 1220. The second kappa shape index (κ2) is 11.0. The van der Waals surface area contributed by atoms with Crippen molar-refractivity contribution in [3.63, 3.8) is 0 Å². The monoisotopic (exact) mass is 498 g/mol. The fourth-order valence-corrected chi connectivity index (χ4v) is 4.42. The zero-order valence-corrected chi connectivity index (χ0v) is 19.9. The van der Waals surface area contributed by atoms with Gasteiger partial charge in [-0.3, -0.25) is 9.59 Å². The summed E-state index contributed by atoms with van der Waals surface area (Å²) in [7, 11) is 1.48. The molecule has 2 heterocycles. The minimum Gasteiger partial charge on any atom is -0.493 e. The number of halogens is 1. The lowest BCUT2D eigenvalue weighted by atomic mass is 10.0. The van der Waals surface area contributed by atoms with E-state index in [0.717, 1.165) is 11.1 Å². The van der Waals surface area contributed by atoms with Gasteiger partial charge >= 0.3 is 5.24 Å². The first-order valence-corrected chi connectivity index (χ1v) is 11.6. The van der Waals surface area contributed by atoms with E-state index in [-0.39, 0.29) is 28.5 Å². The van der Waals surface area contributed by atoms with Crippen LogP contribution in [-0.2, 0) is 6.54 Å². The normalized spacial score (nSPS) is 15.5. The number of ether oxygens (including phenoxy) is 2. The highest BCUT2D eigenvalue weighted by molar-refractivity contribution is 8.14. The van der Waals surface area contributed by atoms with E-state index in [2.05, 4.69) is 15.4 Å². The molecule has 0 aliphatic carbocycles. The average molecular weight is 499 g/mol. The summed E-state index contributed by atoms with van der Waals surface area (Å²) in [5.74, 6) is 0.373. The third kappa shape index (κ3) is 5.62. The highest BCUT2D eigenvalue weighted by Crippen LogP contribution is 2.34. The molecular formula is C24H23FN4O5S. The number of aromatic nitrogens is 1. The standard InChI is InChI=1S/C24H23FN4O5S/c1-3-21-22(16-6-9-18(32-2)19(10-16)33-13-25)28-29(24(31)35-21)12-15-4-7-17(8-5-15)27-23(30)20-11-26-14-34-20/h4-11,14,21H,3,12-13H2,1-2H3,(H,27,30). The van der Waals surface area contributed by atoms with Gasteiger partial charge in [0.15, 0.2) is 17.9 Å². The summed E-state index contributed by atoms with van der Waals surface area (Å²) < 4.78 is 28.1. The van der Waals surface area contributed by atoms with Crippen molar-refractivity contribution in [2.24, 2.45) is 5.10 Å². The van der Waals surface area contributed by atoms with Crippen LogP contribution in [0.3, 0.4) is 0 Å². The van der Waals surface area contributed by atoms with Gasteiger partial charge in [-0.15, -0.1) is 0 Å². The van der Waals surface area contributed by atoms with Gasteiger partial charge < -0.3 is 19.2 Å². The highest BCUT2D eigenvalue weighted by Gasteiger charge is 2.30. The van der Waals surface area contributed by atoms with Gasteiger partial charge in [0.05, 0.1) is 30.8 Å². The molecule has 1 unspecified atom stereocenters. The molecule has 1 atom stereocenters. The fourth-order valence-electron chi connectivity index (χ4n) is 3.49. The fraction of sp³-hybridized carbons (Fsp3) is 0.250. The number of carbonyl (C=O) groups excluding carboxylic acids is 2. The molecule has 1 aliphatic rings. The van der Waals surface area contributed by atoms with E-state index in [9.17, 15) is 14.0 Å². The van der Waals surface area contributed by atoms with Crippen molar-refractivity contribution in [2.45, 2.75) is 25.1 Å². The van der Waals surface area contributed by atoms with Crippen molar-refractivity contribution in [3.8, 4) is 11.5 Å². The van der Waals surface area contributed by atoms with Gasteiger partial charge in [0, 0.05) is 11.3 Å². The maximum Gasteiger partial charge on any atom is 0.302 e. The second-order valence-corrected chi connectivity index (χ2v) is 8.61. The molecule has 0 fully saturated rings.